The average Bonchev–Trinajstić information content (AvgIpc) is 2.81. The zero-order valence-electron chi connectivity index (χ0n) is 13.2. The molecule has 3 heteroatoms. The van der Waals surface area contributed by atoms with Crippen molar-refractivity contribution in [1.82, 2.24) is 4.98 Å². The molecule has 0 atom stereocenters. The fourth-order valence-corrected chi connectivity index (χ4v) is 3.44. The van der Waals surface area contributed by atoms with Crippen molar-refractivity contribution in [3.63, 3.8) is 0 Å². The first kappa shape index (κ1) is 15.8. The van der Waals surface area contributed by atoms with Crippen molar-refractivity contribution in [3.8, 4) is 0 Å². The third-order valence-corrected chi connectivity index (χ3v) is 5.02. The highest BCUT2D eigenvalue weighted by Crippen LogP contribution is 2.28. The standard InChI is InChI=1S/C20H18BrNO/c1-13-18(19(21)14(2)22-13)20(23)17-11-7-6-10-16(17)12-15-8-4-3-5-9-15/h3-11,22H,12H2,1-2H3. The number of aryl methyl sites for hydroxylation is 2. The van der Waals surface area contributed by atoms with Crippen molar-refractivity contribution in [2.45, 2.75) is 20.3 Å². The van der Waals surface area contributed by atoms with Gasteiger partial charge in [0.2, 0.25) is 0 Å². The molecule has 0 fully saturated rings. The Morgan fingerprint density at radius 3 is 2.26 bits per heavy atom. The topological polar surface area (TPSA) is 32.9 Å². The second kappa shape index (κ2) is 6.55. The number of H-pyrrole nitrogens is 1. The Bertz CT molecular complexity index is 849. The second-order valence-electron chi connectivity index (χ2n) is 5.71. The van der Waals surface area contributed by atoms with Crippen LogP contribution in [-0.4, -0.2) is 10.8 Å². The van der Waals surface area contributed by atoms with Gasteiger partial charge in [0.05, 0.1) is 5.56 Å². The molecule has 1 N–H and O–H groups in total. The third kappa shape index (κ3) is 3.15. The summed E-state index contributed by atoms with van der Waals surface area (Å²) in [5.74, 6) is 0.0604. The predicted octanol–water partition coefficient (Wildman–Crippen LogP) is 5.22. The summed E-state index contributed by atoms with van der Waals surface area (Å²) in [5, 5.41) is 0. The minimum Gasteiger partial charge on any atom is -0.361 e. The lowest BCUT2D eigenvalue weighted by atomic mass is 9.94. The molecule has 3 rings (SSSR count). The Labute approximate surface area is 144 Å². The molecule has 0 bridgehead atoms. The number of benzene rings is 2. The summed E-state index contributed by atoms with van der Waals surface area (Å²) >= 11 is 3.54. The summed E-state index contributed by atoms with van der Waals surface area (Å²) < 4.78 is 0.856. The van der Waals surface area contributed by atoms with Crippen molar-refractivity contribution in [2.75, 3.05) is 0 Å². The summed E-state index contributed by atoms with van der Waals surface area (Å²) in [5.41, 5.74) is 5.62. The largest absolute Gasteiger partial charge is 0.361 e. The number of aromatic nitrogens is 1. The second-order valence-corrected chi connectivity index (χ2v) is 6.51. The van der Waals surface area contributed by atoms with Crippen LogP contribution in [0, 0.1) is 13.8 Å². The number of carbonyl (C=O) groups is 1. The van der Waals surface area contributed by atoms with Crippen molar-refractivity contribution < 1.29 is 4.79 Å². The molecule has 2 aromatic carbocycles. The highest BCUT2D eigenvalue weighted by molar-refractivity contribution is 9.10. The van der Waals surface area contributed by atoms with Gasteiger partial charge in [-0.15, -0.1) is 0 Å². The SMILES string of the molecule is Cc1[nH]c(C)c(C(=O)c2ccccc2Cc2ccccc2)c1Br. The van der Waals surface area contributed by atoms with Gasteiger partial charge in [-0.3, -0.25) is 4.79 Å². The van der Waals surface area contributed by atoms with Gasteiger partial charge >= 0.3 is 0 Å². The molecule has 23 heavy (non-hydrogen) atoms. The predicted molar refractivity (Wildman–Crippen MR) is 97.1 cm³/mol. The Hall–Kier alpha value is -2.13. The Morgan fingerprint density at radius 1 is 0.957 bits per heavy atom. The van der Waals surface area contributed by atoms with E-state index in [-0.39, 0.29) is 5.78 Å². The summed E-state index contributed by atoms with van der Waals surface area (Å²) in [7, 11) is 0. The van der Waals surface area contributed by atoms with E-state index in [1.54, 1.807) is 0 Å². The Balaban J connectivity index is 2.02. The van der Waals surface area contributed by atoms with Gasteiger partial charge < -0.3 is 4.98 Å². The highest BCUT2D eigenvalue weighted by Gasteiger charge is 2.21. The van der Waals surface area contributed by atoms with E-state index in [1.165, 1.54) is 5.56 Å². The molecule has 0 amide bonds. The smallest absolute Gasteiger partial charge is 0.196 e. The number of nitrogens with one attached hydrogen (secondary N) is 1. The molecular weight excluding hydrogens is 350 g/mol. The van der Waals surface area contributed by atoms with Crippen LogP contribution in [0.15, 0.2) is 59.1 Å². The van der Waals surface area contributed by atoms with Crippen molar-refractivity contribution in [3.05, 3.63) is 92.7 Å². The van der Waals surface area contributed by atoms with Crippen molar-refractivity contribution >= 4 is 21.7 Å². The molecule has 0 saturated carbocycles. The minimum atomic E-state index is 0.0604. The molecule has 116 valence electrons. The number of carbonyl (C=O) groups excluding carboxylic acids is 1. The van der Waals surface area contributed by atoms with Gasteiger partial charge in [-0.1, -0.05) is 54.6 Å². The van der Waals surface area contributed by atoms with Gasteiger partial charge in [0.25, 0.3) is 0 Å². The summed E-state index contributed by atoms with van der Waals surface area (Å²) in [6.07, 6.45) is 0.753. The first-order chi connectivity index (χ1) is 11.1. The van der Waals surface area contributed by atoms with E-state index in [9.17, 15) is 4.79 Å². The third-order valence-electron chi connectivity index (χ3n) is 4.03. The van der Waals surface area contributed by atoms with E-state index < -0.39 is 0 Å². The maximum Gasteiger partial charge on any atom is 0.196 e. The molecular formula is C20H18BrNO. The average molecular weight is 368 g/mol. The van der Waals surface area contributed by atoms with Gasteiger partial charge in [-0.05, 0) is 47.3 Å². The zero-order chi connectivity index (χ0) is 16.4. The summed E-state index contributed by atoms with van der Waals surface area (Å²) in [6, 6.07) is 18.1. The number of rotatable bonds is 4. The van der Waals surface area contributed by atoms with Gasteiger partial charge in [0.15, 0.2) is 5.78 Å². The van der Waals surface area contributed by atoms with Crippen LogP contribution in [0.5, 0.6) is 0 Å². The monoisotopic (exact) mass is 367 g/mol. The van der Waals surface area contributed by atoms with Crippen LogP contribution in [0.25, 0.3) is 0 Å². The van der Waals surface area contributed by atoms with Crippen LogP contribution in [0.4, 0.5) is 0 Å². The molecule has 0 aliphatic carbocycles. The zero-order valence-corrected chi connectivity index (χ0v) is 14.8. The fourth-order valence-electron chi connectivity index (χ4n) is 2.87. The number of hydrogen-bond donors (Lipinski definition) is 1. The minimum absolute atomic E-state index is 0.0604. The molecule has 0 unspecified atom stereocenters. The van der Waals surface area contributed by atoms with E-state index >= 15 is 0 Å². The molecule has 0 radical (unpaired) electrons. The maximum atomic E-state index is 13.1. The quantitative estimate of drug-likeness (QED) is 0.630. The van der Waals surface area contributed by atoms with Gasteiger partial charge in [-0.2, -0.15) is 0 Å². The van der Waals surface area contributed by atoms with Gasteiger partial charge in [-0.25, -0.2) is 0 Å². The van der Waals surface area contributed by atoms with Gasteiger partial charge in [0.1, 0.15) is 0 Å². The Morgan fingerprint density at radius 2 is 1.61 bits per heavy atom. The van der Waals surface area contributed by atoms with Crippen molar-refractivity contribution in [2.24, 2.45) is 0 Å². The van der Waals surface area contributed by atoms with Crippen LogP contribution >= 0.6 is 15.9 Å². The summed E-state index contributed by atoms with van der Waals surface area (Å²) in [6.45, 7) is 3.90. The fraction of sp³-hybridized carbons (Fsp3) is 0.150. The lowest BCUT2D eigenvalue weighted by molar-refractivity contribution is 0.103. The number of ketones is 1. The van der Waals surface area contributed by atoms with E-state index in [4.69, 9.17) is 0 Å². The van der Waals surface area contributed by atoms with E-state index in [1.807, 2.05) is 56.3 Å². The number of halogens is 1. The van der Waals surface area contributed by atoms with Crippen LogP contribution in [0.3, 0.4) is 0 Å². The van der Waals surface area contributed by atoms with Crippen molar-refractivity contribution in [1.29, 1.82) is 0 Å². The van der Waals surface area contributed by atoms with E-state index in [0.29, 0.717) is 0 Å². The molecule has 3 aromatic rings. The first-order valence-corrected chi connectivity index (χ1v) is 8.38. The molecule has 2 nitrogen and oxygen atoms in total. The number of hydrogen-bond acceptors (Lipinski definition) is 1. The molecule has 0 spiro atoms. The molecule has 1 heterocycles. The normalized spacial score (nSPS) is 10.7. The van der Waals surface area contributed by atoms with E-state index in [2.05, 4.69) is 33.0 Å². The molecule has 0 aliphatic heterocycles. The van der Waals surface area contributed by atoms with Gasteiger partial charge in [0, 0.05) is 21.4 Å². The maximum absolute atomic E-state index is 13.1. The van der Waals surface area contributed by atoms with Crippen LogP contribution in [-0.2, 0) is 6.42 Å². The summed E-state index contributed by atoms with van der Waals surface area (Å²) in [4.78, 5) is 16.3. The number of aromatic amines is 1. The van der Waals surface area contributed by atoms with Crippen LogP contribution in [0.1, 0.15) is 38.4 Å². The highest BCUT2D eigenvalue weighted by atomic mass is 79.9. The first-order valence-electron chi connectivity index (χ1n) is 7.59. The molecule has 0 saturated heterocycles. The lowest BCUT2D eigenvalue weighted by Gasteiger charge is -2.09. The Kier molecular flexibility index (Phi) is 4.49. The molecule has 1 aromatic heterocycles. The van der Waals surface area contributed by atoms with Crippen LogP contribution in [0.2, 0.25) is 0 Å². The lowest BCUT2D eigenvalue weighted by Crippen LogP contribution is -2.07. The van der Waals surface area contributed by atoms with Crippen LogP contribution < -0.4 is 0 Å². The molecule has 0 aliphatic rings. The van der Waals surface area contributed by atoms with E-state index in [0.717, 1.165) is 39.0 Å².